The molecule has 2 rings (SSSR count). The number of nitrogens with zero attached hydrogens (tertiary/aromatic N) is 3. The van der Waals surface area contributed by atoms with Crippen molar-refractivity contribution in [3.8, 4) is 0 Å². The van der Waals surface area contributed by atoms with E-state index in [1.54, 1.807) is 25.7 Å². The fourth-order valence-electron chi connectivity index (χ4n) is 2.17. The maximum absolute atomic E-state index is 12.3. The highest BCUT2D eigenvalue weighted by atomic mass is 16.6. The van der Waals surface area contributed by atoms with Gasteiger partial charge in [-0.3, -0.25) is 10.1 Å². The molecule has 1 saturated heterocycles. The third-order valence-corrected chi connectivity index (χ3v) is 3.04. The van der Waals surface area contributed by atoms with Crippen LogP contribution in [0, 0.1) is 10.1 Å². The molecule has 8 heteroatoms. The Labute approximate surface area is 128 Å². The standard InChI is InChI=1S/C14H19N3O5/c1-14(2,3)22-13(18)11-9-21-8-7-16(11)12-10(17(19)20)5-4-6-15-12/h4-6,11H,7-9H2,1-3H3. The second-order valence-corrected chi connectivity index (χ2v) is 5.92. The summed E-state index contributed by atoms with van der Waals surface area (Å²) in [6, 6.07) is 2.11. The summed E-state index contributed by atoms with van der Waals surface area (Å²) in [4.78, 5) is 28.6. The fourth-order valence-corrected chi connectivity index (χ4v) is 2.17. The van der Waals surface area contributed by atoms with E-state index in [1.165, 1.54) is 18.3 Å². The van der Waals surface area contributed by atoms with Crippen LogP contribution < -0.4 is 4.90 Å². The Balaban J connectivity index is 2.31. The molecular formula is C14H19N3O5. The van der Waals surface area contributed by atoms with Crippen molar-refractivity contribution < 1.29 is 19.2 Å². The van der Waals surface area contributed by atoms with E-state index in [9.17, 15) is 14.9 Å². The lowest BCUT2D eigenvalue weighted by Crippen LogP contribution is -2.52. The Hall–Kier alpha value is -2.22. The summed E-state index contributed by atoms with van der Waals surface area (Å²) in [6.07, 6.45) is 1.46. The van der Waals surface area contributed by atoms with Crippen LogP contribution in [-0.4, -0.2) is 47.3 Å². The van der Waals surface area contributed by atoms with Gasteiger partial charge in [-0.05, 0) is 26.8 Å². The van der Waals surface area contributed by atoms with Crippen molar-refractivity contribution in [1.82, 2.24) is 4.98 Å². The van der Waals surface area contributed by atoms with E-state index in [0.717, 1.165) is 0 Å². The van der Waals surface area contributed by atoms with Gasteiger partial charge in [0.15, 0.2) is 6.04 Å². The highest BCUT2D eigenvalue weighted by molar-refractivity contribution is 5.81. The van der Waals surface area contributed by atoms with E-state index in [1.807, 2.05) is 0 Å². The number of hydrogen-bond donors (Lipinski definition) is 0. The number of esters is 1. The summed E-state index contributed by atoms with van der Waals surface area (Å²) in [5.74, 6) is -0.321. The molecule has 1 unspecified atom stereocenters. The van der Waals surface area contributed by atoms with Crippen LogP contribution in [0.2, 0.25) is 0 Å². The molecule has 1 aromatic heterocycles. The summed E-state index contributed by atoms with van der Waals surface area (Å²) < 4.78 is 10.7. The Bertz CT molecular complexity index is 570. The van der Waals surface area contributed by atoms with E-state index in [4.69, 9.17) is 9.47 Å². The van der Waals surface area contributed by atoms with Gasteiger partial charge in [-0.25, -0.2) is 9.78 Å². The van der Waals surface area contributed by atoms with Crippen LogP contribution in [0.5, 0.6) is 0 Å². The molecule has 8 nitrogen and oxygen atoms in total. The zero-order chi connectivity index (χ0) is 16.3. The normalized spacial score (nSPS) is 18.9. The number of pyridine rings is 1. The quantitative estimate of drug-likeness (QED) is 0.474. The number of carbonyl (C=O) groups excluding carboxylic acids is 1. The first-order valence-corrected chi connectivity index (χ1v) is 6.96. The second kappa shape index (κ2) is 6.27. The van der Waals surface area contributed by atoms with Crippen LogP contribution >= 0.6 is 0 Å². The number of carbonyl (C=O) groups is 1. The second-order valence-electron chi connectivity index (χ2n) is 5.92. The van der Waals surface area contributed by atoms with Crippen molar-refractivity contribution in [1.29, 1.82) is 0 Å². The predicted molar refractivity (Wildman–Crippen MR) is 78.7 cm³/mol. The van der Waals surface area contributed by atoms with Gasteiger partial charge < -0.3 is 14.4 Å². The Kier molecular flexibility index (Phi) is 4.60. The molecule has 0 aliphatic carbocycles. The minimum Gasteiger partial charge on any atom is -0.458 e. The first kappa shape index (κ1) is 16.2. The van der Waals surface area contributed by atoms with Crippen LogP contribution in [0.1, 0.15) is 20.8 Å². The third-order valence-electron chi connectivity index (χ3n) is 3.04. The summed E-state index contributed by atoms with van der Waals surface area (Å²) in [5.41, 5.74) is -0.783. The first-order chi connectivity index (χ1) is 10.3. The highest BCUT2D eigenvalue weighted by Crippen LogP contribution is 2.28. The smallest absolute Gasteiger partial charge is 0.331 e. The largest absolute Gasteiger partial charge is 0.458 e. The molecule has 0 saturated carbocycles. The average molecular weight is 309 g/mol. The molecule has 0 radical (unpaired) electrons. The van der Waals surface area contributed by atoms with Gasteiger partial charge in [0.25, 0.3) is 0 Å². The maximum Gasteiger partial charge on any atom is 0.331 e. The molecular weight excluding hydrogens is 290 g/mol. The number of nitro groups is 1. The van der Waals surface area contributed by atoms with Crippen molar-refractivity contribution >= 4 is 17.5 Å². The number of hydrogen-bond acceptors (Lipinski definition) is 7. The monoisotopic (exact) mass is 309 g/mol. The number of anilines is 1. The van der Waals surface area contributed by atoms with Gasteiger partial charge in [-0.2, -0.15) is 0 Å². The van der Waals surface area contributed by atoms with E-state index in [2.05, 4.69) is 4.98 Å². The minimum absolute atomic E-state index is 0.114. The summed E-state index contributed by atoms with van der Waals surface area (Å²) in [7, 11) is 0. The molecule has 0 N–H and O–H groups in total. The highest BCUT2D eigenvalue weighted by Gasteiger charge is 2.36. The van der Waals surface area contributed by atoms with Crippen molar-refractivity contribution in [3.63, 3.8) is 0 Å². The predicted octanol–water partition coefficient (Wildman–Crippen LogP) is 1.54. The Morgan fingerprint density at radius 1 is 1.55 bits per heavy atom. The van der Waals surface area contributed by atoms with E-state index in [0.29, 0.717) is 13.2 Å². The average Bonchev–Trinajstić information content (AvgIpc) is 2.45. The molecule has 0 spiro atoms. The van der Waals surface area contributed by atoms with Gasteiger partial charge in [-0.1, -0.05) is 0 Å². The maximum atomic E-state index is 12.3. The lowest BCUT2D eigenvalue weighted by molar-refractivity contribution is -0.384. The van der Waals surface area contributed by atoms with Crippen molar-refractivity contribution in [2.45, 2.75) is 32.4 Å². The minimum atomic E-state index is -0.749. The fraction of sp³-hybridized carbons (Fsp3) is 0.571. The lowest BCUT2D eigenvalue weighted by atomic mass is 10.1. The molecule has 1 atom stereocenters. The number of ether oxygens (including phenoxy) is 2. The Morgan fingerprint density at radius 3 is 2.91 bits per heavy atom. The molecule has 1 aromatic rings. The zero-order valence-corrected chi connectivity index (χ0v) is 12.8. The SMILES string of the molecule is CC(C)(C)OC(=O)C1COCCN1c1ncccc1[N+](=O)[O-]. The zero-order valence-electron chi connectivity index (χ0n) is 12.8. The van der Waals surface area contributed by atoms with Crippen LogP contribution in [-0.2, 0) is 14.3 Å². The van der Waals surface area contributed by atoms with Gasteiger partial charge in [0.1, 0.15) is 5.60 Å². The molecule has 120 valence electrons. The van der Waals surface area contributed by atoms with Crippen molar-refractivity contribution in [2.75, 3.05) is 24.7 Å². The van der Waals surface area contributed by atoms with Crippen molar-refractivity contribution in [3.05, 3.63) is 28.4 Å². The van der Waals surface area contributed by atoms with Gasteiger partial charge in [0.2, 0.25) is 5.82 Å². The molecule has 0 amide bonds. The van der Waals surface area contributed by atoms with E-state index >= 15 is 0 Å². The van der Waals surface area contributed by atoms with Gasteiger partial charge in [0.05, 0.1) is 18.1 Å². The number of morpholine rings is 1. The van der Waals surface area contributed by atoms with Gasteiger partial charge >= 0.3 is 11.7 Å². The molecule has 1 fully saturated rings. The van der Waals surface area contributed by atoms with Crippen LogP contribution in [0.25, 0.3) is 0 Å². The summed E-state index contributed by atoms with van der Waals surface area (Å²) in [5, 5.41) is 11.2. The van der Waals surface area contributed by atoms with Crippen LogP contribution in [0.15, 0.2) is 18.3 Å². The molecule has 1 aliphatic heterocycles. The van der Waals surface area contributed by atoms with Gasteiger partial charge in [0, 0.05) is 18.8 Å². The van der Waals surface area contributed by atoms with Crippen LogP contribution in [0.3, 0.4) is 0 Å². The molecule has 0 bridgehead atoms. The van der Waals surface area contributed by atoms with E-state index < -0.39 is 22.5 Å². The molecule has 22 heavy (non-hydrogen) atoms. The Morgan fingerprint density at radius 2 is 2.27 bits per heavy atom. The summed E-state index contributed by atoms with van der Waals surface area (Å²) in [6.45, 7) is 6.11. The molecule has 2 heterocycles. The molecule has 0 aromatic carbocycles. The third kappa shape index (κ3) is 3.70. The van der Waals surface area contributed by atoms with Crippen molar-refractivity contribution in [2.24, 2.45) is 0 Å². The van der Waals surface area contributed by atoms with E-state index in [-0.39, 0.29) is 18.1 Å². The summed E-state index contributed by atoms with van der Waals surface area (Å²) >= 11 is 0. The van der Waals surface area contributed by atoms with Gasteiger partial charge in [-0.15, -0.1) is 0 Å². The lowest BCUT2D eigenvalue weighted by Gasteiger charge is -2.35. The molecule has 1 aliphatic rings. The van der Waals surface area contributed by atoms with Crippen LogP contribution in [0.4, 0.5) is 11.5 Å². The topological polar surface area (TPSA) is 94.8 Å². The number of rotatable bonds is 3. The number of aromatic nitrogens is 1. The first-order valence-electron chi connectivity index (χ1n) is 6.96.